The second-order valence-corrected chi connectivity index (χ2v) is 17.6. The molecule has 1 aliphatic rings. The summed E-state index contributed by atoms with van der Waals surface area (Å²) >= 11 is 0. The van der Waals surface area contributed by atoms with Crippen molar-refractivity contribution in [1.82, 2.24) is 0 Å². The van der Waals surface area contributed by atoms with Gasteiger partial charge in [-0.15, -0.1) is 0 Å². The molecule has 314 valence electrons. The fourth-order valence-electron chi connectivity index (χ4n) is 8.67. The van der Waals surface area contributed by atoms with Crippen LogP contribution in [0.15, 0.2) is 60.2 Å². The lowest BCUT2D eigenvalue weighted by atomic mass is 9.99. The zero-order valence-corrected chi connectivity index (χ0v) is 37.3. The molecule has 0 aliphatic carbocycles. The summed E-state index contributed by atoms with van der Waals surface area (Å²) in [7, 11) is 0. The predicted molar refractivity (Wildman–Crippen MR) is 248 cm³/mol. The van der Waals surface area contributed by atoms with E-state index in [1.54, 1.807) is 0 Å². The van der Waals surface area contributed by atoms with Crippen LogP contribution in [0.4, 0.5) is 0 Å². The molecule has 0 aromatic heterocycles. The molecule has 0 atom stereocenters. The Kier molecular flexibility index (Phi) is 27.8. The van der Waals surface area contributed by atoms with Crippen LogP contribution >= 0.6 is 0 Å². The number of benzene rings is 2. The van der Waals surface area contributed by atoms with Gasteiger partial charge >= 0.3 is 0 Å². The molecular weight excluding hydrogens is 677 g/mol. The van der Waals surface area contributed by atoms with Gasteiger partial charge in [-0.2, -0.15) is 0 Å². The molecule has 2 aromatic rings. The van der Waals surface area contributed by atoms with Crippen LogP contribution < -0.4 is 0 Å². The number of hydrogen-bond acceptors (Lipinski definition) is 0. The molecule has 0 unspecified atom stereocenters. The minimum absolute atomic E-state index is 0.910. The van der Waals surface area contributed by atoms with Crippen LogP contribution in [0.2, 0.25) is 0 Å². The average Bonchev–Trinajstić information content (AvgIpc) is 3.55. The van der Waals surface area contributed by atoms with E-state index in [4.69, 9.17) is 0 Å². The van der Waals surface area contributed by atoms with Crippen LogP contribution in [0, 0.1) is 0 Å². The highest BCUT2D eigenvalue weighted by molar-refractivity contribution is 5.78. The molecule has 2 heteroatoms. The van der Waals surface area contributed by atoms with Gasteiger partial charge in [0.25, 0.3) is 0 Å². The lowest BCUT2D eigenvalue weighted by molar-refractivity contribution is -0.344. The van der Waals surface area contributed by atoms with Gasteiger partial charge in [0.1, 0.15) is 0 Å². The molecule has 0 fully saturated rings. The molecular formula is C54H88N2. The van der Waals surface area contributed by atoms with Gasteiger partial charge in [0.15, 0.2) is 0 Å². The molecule has 0 amide bonds. The largest absolute Gasteiger partial charge is 0.493 e. The van der Waals surface area contributed by atoms with Crippen LogP contribution in [-0.4, -0.2) is 4.70 Å². The standard InChI is InChI=1S/C54H88N2/c1-4-7-10-11-12-13-14-15-16-17-18-19-20-21-22-23-24-25-26-27-28-29-30-31-32-33-34-35-38-52-47-53(50-43-39-48(40-44-50)36-8-5-2)56(55)54(52)51-45-41-49(42-46-51)37-9-6-3/h39-47H,4-38H2,1-3H3. The highest BCUT2D eigenvalue weighted by Gasteiger charge is 2.28. The molecule has 0 spiro atoms. The monoisotopic (exact) mass is 765 g/mol. The Morgan fingerprint density at radius 3 is 0.982 bits per heavy atom. The summed E-state index contributed by atoms with van der Waals surface area (Å²) in [6.45, 7) is 6.81. The average molecular weight is 765 g/mol. The molecule has 0 saturated carbocycles. The van der Waals surface area contributed by atoms with E-state index in [0.29, 0.717) is 0 Å². The maximum atomic E-state index is 11.6. The predicted octanol–water partition coefficient (Wildman–Crippen LogP) is 18.5. The number of hydrogen-bond donors (Lipinski definition) is 0. The summed E-state index contributed by atoms with van der Waals surface area (Å²) in [6, 6.07) is 17.8. The van der Waals surface area contributed by atoms with E-state index < -0.39 is 0 Å². The highest BCUT2D eigenvalue weighted by Crippen LogP contribution is 2.38. The molecule has 56 heavy (non-hydrogen) atoms. The first kappa shape index (κ1) is 47.9. The van der Waals surface area contributed by atoms with Crippen molar-refractivity contribution in [2.75, 3.05) is 0 Å². The topological polar surface area (TPSA) is 25.3 Å². The van der Waals surface area contributed by atoms with Gasteiger partial charge in [-0.05, 0) is 73.9 Å². The quantitative estimate of drug-likeness (QED) is 0.0484. The van der Waals surface area contributed by atoms with E-state index in [2.05, 4.69) is 75.4 Å². The molecule has 3 rings (SSSR count). The van der Waals surface area contributed by atoms with Crippen molar-refractivity contribution in [1.29, 1.82) is 0 Å². The van der Waals surface area contributed by atoms with Gasteiger partial charge in [-0.25, -0.2) is 4.70 Å². The third-order valence-corrected chi connectivity index (χ3v) is 12.5. The summed E-state index contributed by atoms with van der Waals surface area (Å²) in [6.07, 6.45) is 50.4. The second-order valence-electron chi connectivity index (χ2n) is 17.6. The van der Waals surface area contributed by atoms with E-state index in [1.807, 2.05) is 0 Å². The fraction of sp³-hybridized carbons (Fsp3) is 0.704. The van der Waals surface area contributed by atoms with Gasteiger partial charge in [0.2, 0.25) is 11.4 Å². The van der Waals surface area contributed by atoms with Crippen LogP contribution in [0.3, 0.4) is 0 Å². The van der Waals surface area contributed by atoms with Crippen LogP contribution in [0.25, 0.3) is 16.9 Å². The van der Waals surface area contributed by atoms with Crippen molar-refractivity contribution in [2.45, 2.75) is 245 Å². The molecule has 0 saturated heterocycles. The van der Waals surface area contributed by atoms with E-state index in [1.165, 1.54) is 227 Å². The zero-order chi connectivity index (χ0) is 39.7. The number of allylic oxidation sites excluding steroid dienone is 2. The van der Waals surface area contributed by atoms with E-state index in [0.717, 1.165) is 41.8 Å². The van der Waals surface area contributed by atoms with Crippen molar-refractivity contribution in [3.8, 4) is 0 Å². The van der Waals surface area contributed by atoms with Crippen LogP contribution in [0.1, 0.15) is 255 Å². The highest BCUT2D eigenvalue weighted by atomic mass is 15.2. The van der Waals surface area contributed by atoms with Crippen molar-refractivity contribution in [3.63, 3.8) is 0 Å². The minimum Gasteiger partial charge on any atom is -0.493 e. The lowest BCUT2D eigenvalue weighted by Crippen LogP contribution is -2.02. The molecule has 1 aliphatic heterocycles. The Morgan fingerprint density at radius 2 is 0.643 bits per heavy atom. The summed E-state index contributed by atoms with van der Waals surface area (Å²) in [5.41, 5.74) is 19.7. The summed E-state index contributed by atoms with van der Waals surface area (Å²) in [5.74, 6) is 0. The third-order valence-electron chi connectivity index (χ3n) is 12.5. The summed E-state index contributed by atoms with van der Waals surface area (Å²) < 4.78 is 1.47. The van der Waals surface area contributed by atoms with Gasteiger partial charge in [-0.3, -0.25) is 0 Å². The van der Waals surface area contributed by atoms with E-state index in [-0.39, 0.29) is 0 Å². The van der Waals surface area contributed by atoms with Crippen molar-refractivity contribution in [2.24, 2.45) is 0 Å². The molecule has 2 aromatic carbocycles. The Balaban J connectivity index is 1.20. The Bertz CT molecular complexity index is 1310. The number of nitrogens with zero attached hydrogens (tertiary/aromatic N) is 2. The Labute approximate surface area is 348 Å². The molecule has 1 heterocycles. The van der Waals surface area contributed by atoms with Crippen molar-refractivity contribution in [3.05, 3.63) is 88.0 Å². The molecule has 2 nitrogen and oxygen atoms in total. The SMILES string of the molecule is CCCCCCCCCCCCCCCCCCCCCCCCCCCCCCC1=C(c2ccc(CCCC)cc2)[N+](=[N-])C(c2ccc(CCCC)cc2)=C1. The van der Waals surface area contributed by atoms with Gasteiger partial charge in [0, 0.05) is 22.8 Å². The zero-order valence-electron chi connectivity index (χ0n) is 37.3. The van der Waals surface area contributed by atoms with Gasteiger partial charge < -0.3 is 5.53 Å². The smallest absolute Gasteiger partial charge is 0.210 e. The number of rotatable bonds is 37. The first-order valence-corrected chi connectivity index (χ1v) is 24.8. The summed E-state index contributed by atoms with van der Waals surface area (Å²) in [4.78, 5) is 0. The first-order valence-electron chi connectivity index (χ1n) is 24.8. The van der Waals surface area contributed by atoms with Gasteiger partial charge in [-0.1, -0.05) is 231 Å². The number of unbranched alkanes of at least 4 members (excludes halogenated alkanes) is 29. The van der Waals surface area contributed by atoms with E-state index >= 15 is 0 Å². The lowest BCUT2D eigenvalue weighted by Gasteiger charge is -2.11. The molecule has 0 N–H and O–H groups in total. The van der Waals surface area contributed by atoms with Crippen molar-refractivity contribution >= 4 is 11.4 Å². The molecule has 0 radical (unpaired) electrons. The second kappa shape index (κ2) is 32.5. The summed E-state index contributed by atoms with van der Waals surface area (Å²) in [5, 5.41) is 0. The normalized spacial score (nSPS) is 13.0. The van der Waals surface area contributed by atoms with Crippen molar-refractivity contribution < 1.29 is 4.70 Å². The third kappa shape index (κ3) is 20.8. The minimum atomic E-state index is 0.910. The maximum absolute atomic E-state index is 11.6. The van der Waals surface area contributed by atoms with Crippen LogP contribution in [0.5, 0.6) is 0 Å². The molecule has 0 bridgehead atoms. The van der Waals surface area contributed by atoms with Crippen LogP contribution in [-0.2, 0) is 12.8 Å². The fourth-order valence-corrected chi connectivity index (χ4v) is 8.67. The number of aryl methyl sites for hydroxylation is 2. The Morgan fingerprint density at radius 1 is 0.339 bits per heavy atom. The van der Waals surface area contributed by atoms with E-state index in [9.17, 15) is 5.53 Å². The Hall–Kier alpha value is -2.48. The maximum Gasteiger partial charge on any atom is 0.210 e. The first-order chi connectivity index (χ1) is 27.7. The van der Waals surface area contributed by atoms with Gasteiger partial charge in [0.05, 0.1) is 0 Å².